The summed E-state index contributed by atoms with van der Waals surface area (Å²) in [5.41, 5.74) is 1.68. The molecule has 1 heterocycles. The molecule has 0 aliphatic heterocycles. The largest absolute Gasteiger partial charge is 0.505 e. The second kappa shape index (κ2) is 6.46. The Hall–Kier alpha value is -2.44. The van der Waals surface area contributed by atoms with Gasteiger partial charge in [-0.1, -0.05) is 30.3 Å². The highest BCUT2D eigenvalue weighted by molar-refractivity contribution is 7.89. The van der Waals surface area contributed by atoms with Crippen molar-refractivity contribution in [2.24, 2.45) is 0 Å². The van der Waals surface area contributed by atoms with Crippen molar-refractivity contribution in [3.05, 3.63) is 65.9 Å². The number of phenols is 1. The summed E-state index contributed by atoms with van der Waals surface area (Å²) in [5.74, 6) is 0.00770. The quantitative estimate of drug-likeness (QED) is 0.775. The zero-order valence-corrected chi connectivity index (χ0v) is 15.2. The number of hydrogen-bond donors (Lipinski definition) is 1. The molecule has 130 valence electrons. The van der Waals surface area contributed by atoms with Gasteiger partial charge in [-0.15, -0.1) is 0 Å². The lowest BCUT2D eigenvalue weighted by molar-refractivity contribution is 0.399. The van der Waals surface area contributed by atoms with Gasteiger partial charge in [0.15, 0.2) is 0 Å². The van der Waals surface area contributed by atoms with Crippen LogP contribution >= 0.6 is 0 Å². The molecule has 1 aromatic heterocycles. The van der Waals surface area contributed by atoms with Gasteiger partial charge in [0, 0.05) is 24.7 Å². The fraction of sp³-hybridized carbons (Fsp3) is 0.211. The van der Waals surface area contributed by atoms with Crippen LogP contribution in [0.1, 0.15) is 24.1 Å². The first-order chi connectivity index (χ1) is 11.8. The highest BCUT2D eigenvalue weighted by Crippen LogP contribution is 2.35. The summed E-state index contributed by atoms with van der Waals surface area (Å²) in [5, 5.41) is 10.6. The van der Waals surface area contributed by atoms with E-state index in [9.17, 15) is 13.5 Å². The number of benzene rings is 2. The molecule has 0 amide bonds. The van der Waals surface area contributed by atoms with Crippen LogP contribution in [0.15, 0.2) is 59.6 Å². The molecular weight excluding hydrogens is 336 g/mol. The molecule has 25 heavy (non-hydrogen) atoms. The number of sulfonamides is 1. The number of rotatable bonds is 4. The lowest BCUT2D eigenvalue weighted by Crippen LogP contribution is -2.30. The Morgan fingerprint density at radius 3 is 2.48 bits per heavy atom. The van der Waals surface area contributed by atoms with Gasteiger partial charge in [0.2, 0.25) is 10.0 Å². The lowest BCUT2D eigenvalue weighted by atomic mass is 10.1. The molecule has 0 radical (unpaired) electrons. The molecule has 0 bridgehead atoms. The maximum Gasteiger partial charge on any atom is 0.244 e. The van der Waals surface area contributed by atoms with Gasteiger partial charge in [0.05, 0.1) is 4.90 Å². The molecule has 2 aromatic carbocycles. The van der Waals surface area contributed by atoms with E-state index >= 15 is 0 Å². The van der Waals surface area contributed by atoms with Crippen LogP contribution in [0.2, 0.25) is 0 Å². The molecule has 0 aliphatic carbocycles. The first-order valence-electron chi connectivity index (χ1n) is 7.94. The van der Waals surface area contributed by atoms with Gasteiger partial charge in [-0.3, -0.25) is 4.98 Å². The van der Waals surface area contributed by atoms with Gasteiger partial charge in [-0.05, 0) is 43.2 Å². The summed E-state index contributed by atoms with van der Waals surface area (Å²) in [4.78, 5) is 4.29. The number of aromatic hydroxyl groups is 1. The van der Waals surface area contributed by atoms with E-state index in [2.05, 4.69) is 4.98 Å². The molecule has 1 atom stereocenters. The van der Waals surface area contributed by atoms with Crippen molar-refractivity contribution >= 4 is 20.9 Å². The maximum atomic E-state index is 13.2. The molecule has 3 rings (SSSR count). The third-order valence-corrected chi connectivity index (χ3v) is 6.47. The molecule has 1 N–H and O–H groups in total. The lowest BCUT2D eigenvalue weighted by Gasteiger charge is -2.25. The van der Waals surface area contributed by atoms with E-state index in [0.29, 0.717) is 16.5 Å². The van der Waals surface area contributed by atoms with E-state index in [4.69, 9.17) is 0 Å². The summed E-state index contributed by atoms with van der Waals surface area (Å²) in [7, 11) is -2.20. The van der Waals surface area contributed by atoms with Crippen LogP contribution in [0.3, 0.4) is 0 Å². The van der Waals surface area contributed by atoms with E-state index in [0.717, 1.165) is 5.56 Å². The fourth-order valence-electron chi connectivity index (χ4n) is 2.84. The van der Waals surface area contributed by atoms with Gasteiger partial charge >= 0.3 is 0 Å². The number of aryl methyl sites for hydroxylation is 1. The first-order valence-corrected chi connectivity index (χ1v) is 9.38. The molecule has 5 nitrogen and oxygen atoms in total. The minimum atomic E-state index is -3.77. The Morgan fingerprint density at radius 2 is 1.80 bits per heavy atom. The van der Waals surface area contributed by atoms with Crippen molar-refractivity contribution in [1.29, 1.82) is 0 Å². The van der Waals surface area contributed by atoms with Crippen LogP contribution in [0.5, 0.6) is 5.75 Å². The van der Waals surface area contributed by atoms with Gasteiger partial charge in [0.25, 0.3) is 0 Å². The summed E-state index contributed by atoms with van der Waals surface area (Å²) < 4.78 is 27.8. The molecule has 0 aliphatic rings. The number of aromatic nitrogens is 1. The third kappa shape index (κ3) is 2.99. The first kappa shape index (κ1) is 17.4. The molecule has 0 fully saturated rings. The highest BCUT2D eigenvalue weighted by atomic mass is 32.2. The second-order valence-corrected chi connectivity index (χ2v) is 8.01. The average Bonchev–Trinajstić information content (AvgIpc) is 2.64. The summed E-state index contributed by atoms with van der Waals surface area (Å²) >= 11 is 0. The minimum absolute atomic E-state index is 0.00770. The van der Waals surface area contributed by atoms with Crippen LogP contribution in [0.25, 0.3) is 10.9 Å². The zero-order chi connectivity index (χ0) is 18.2. The van der Waals surface area contributed by atoms with E-state index in [1.807, 2.05) is 37.3 Å². The number of pyridine rings is 1. The predicted octanol–water partition coefficient (Wildman–Crippen LogP) is 3.63. The molecule has 3 aromatic rings. The van der Waals surface area contributed by atoms with Crippen LogP contribution in [-0.2, 0) is 10.0 Å². The monoisotopic (exact) mass is 356 g/mol. The van der Waals surface area contributed by atoms with E-state index in [1.165, 1.54) is 16.6 Å². The fourth-order valence-corrected chi connectivity index (χ4v) is 4.46. The highest BCUT2D eigenvalue weighted by Gasteiger charge is 2.29. The second-order valence-electron chi connectivity index (χ2n) is 6.05. The van der Waals surface area contributed by atoms with Crippen LogP contribution in [0, 0.1) is 6.92 Å². The molecule has 1 unspecified atom stereocenters. The van der Waals surface area contributed by atoms with Crippen molar-refractivity contribution in [2.45, 2.75) is 24.8 Å². The molecule has 0 spiro atoms. The van der Waals surface area contributed by atoms with E-state index in [1.54, 1.807) is 26.1 Å². The summed E-state index contributed by atoms with van der Waals surface area (Å²) in [6.07, 6.45) is 1.54. The Bertz CT molecular complexity index is 1020. The summed E-state index contributed by atoms with van der Waals surface area (Å²) in [6, 6.07) is 14.0. The van der Waals surface area contributed by atoms with Crippen molar-refractivity contribution in [3.8, 4) is 5.75 Å². The van der Waals surface area contributed by atoms with Crippen molar-refractivity contribution in [1.82, 2.24) is 9.29 Å². The van der Waals surface area contributed by atoms with Gasteiger partial charge in [-0.25, -0.2) is 8.42 Å². The normalized spacial score (nSPS) is 13.3. The SMILES string of the molecule is Cc1cc(S(=O)(=O)N(C)C(C)c2ccccc2)c2cccnc2c1O. The number of phenolic OH excluding ortho intramolecular Hbond substituents is 1. The Morgan fingerprint density at radius 1 is 1.12 bits per heavy atom. The third-order valence-electron chi connectivity index (χ3n) is 4.50. The Labute approximate surface area is 147 Å². The van der Waals surface area contributed by atoms with E-state index in [-0.39, 0.29) is 16.7 Å². The number of nitrogens with zero attached hydrogens (tertiary/aromatic N) is 2. The van der Waals surface area contributed by atoms with Gasteiger partial charge < -0.3 is 5.11 Å². The molecule has 0 saturated heterocycles. The molecule has 6 heteroatoms. The van der Waals surface area contributed by atoms with Crippen molar-refractivity contribution < 1.29 is 13.5 Å². The van der Waals surface area contributed by atoms with Crippen molar-refractivity contribution in [3.63, 3.8) is 0 Å². The smallest absolute Gasteiger partial charge is 0.244 e. The van der Waals surface area contributed by atoms with Crippen LogP contribution < -0.4 is 0 Å². The zero-order valence-electron chi connectivity index (χ0n) is 14.3. The maximum absolute atomic E-state index is 13.2. The van der Waals surface area contributed by atoms with E-state index < -0.39 is 10.0 Å². The minimum Gasteiger partial charge on any atom is -0.505 e. The predicted molar refractivity (Wildman–Crippen MR) is 98.0 cm³/mol. The van der Waals surface area contributed by atoms with Crippen LogP contribution in [0.4, 0.5) is 0 Å². The van der Waals surface area contributed by atoms with Crippen molar-refractivity contribution in [2.75, 3.05) is 7.05 Å². The Balaban J connectivity index is 2.15. The standard InChI is InChI=1S/C19H20N2O3S/c1-13-12-17(16-10-7-11-20-18(16)19(13)22)25(23,24)21(3)14(2)15-8-5-4-6-9-15/h4-12,14,22H,1-3H3. The number of fused-ring (bicyclic) bond motifs is 1. The van der Waals surface area contributed by atoms with Gasteiger partial charge in [0.1, 0.15) is 11.3 Å². The average molecular weight is 356 g/mol. The molecule has 0 saturated carbocycles. The van der Waals surface area contributed by atoms with Crippen LogP contribution in [-0.4, -0.2) is 29.9 Å². The summed E-state index contributed by atoms with van der Waals surface area (Å²) in [6.45, 7) is 3.52. The Kier molecular flexibility index (Phi) is 4.49. The topological polar surface area (TPSA) is 70.5 Å². The molecular formula is C19H20N2O3S. The van der Waals surface area contributed by atoms with Gasteiger partial charge in [-0.2, -0.15) is 4.31 Å². The number of hydrogen-bond acceptors (Lipinski definition) is 4.